The van der Waals surface area contributed by atoms with E-state index in [1.807, 2.05) is 0 Å². The number of hydrogen-bond acceptors (Lipinski definition) is 4. The van der Waals surface area contributed by atoms with Crippen molar-refractivity contribution in [3.63, 3.8) is 0 Å². The van der Waals surface area contributed by atoms with Crippen molar-refractivity contribution in [1.29, 1.82) is 0 Å². The van der Waals surface area contributed by atoms with Gasteiger partial charge in [-0.15, -0.1) is 0 Å². The zero-order valence-electron chi connectivity index (χ0n) is 12.2. The molecule has 2 N–H and O–H groups in total. The van der Waals surface area contributed by atoms with Gasteiger partial charge in [0.15, 0.2) is 0 Å². The van der Waals surface area contributed by atoms with E-state index in [0.717, 1.165) is 0 Å². The summed E-state index contributed by atoms with van der Waals surface area (Å²) in [6.45, 7) is 0. The number of carbonyl (C=O) groups excluding carboxylic acids is 2. The van der Waals surface area contributed by atoms with Crippen LogP contribution in [0.5, 0.6) is 0 Å². The second kappa shape index (κ2) is 11.2. The molecule has 18 heteroatoms. The summed E-state index contributed by atoms with van der Waals surface area (Å²) in [5.74, 6) is -11.3. The number of hydrogen-bond donors (Lipinski definition) is 0. The van der Waals surface area contributed by atoms with Crippen LogP contribution in [0.4, 0.5) is 52.7 Å². The van der Waals surface area contributed by atoms with E-state index in [1.165, 1.54) is 0 Å². The largest absolute Gasteiger partial charge is 2.00 e. The molecule has 0 atom stereocenters. The zero-order chi connectivity index (χ0) is 21.7. The molecule has 5 nitrogen and oxygen atoms in total. The topological polar surface area (TPSA) is 112 Å². The molecule has 165 valence electrons. The van der Waals surface area contributed by atoms with Crippen molar-refractivity contribution >= 4 is 11.6 Å². The molecule has 0 aliphatic heterocycles. The molecule has 28 heavy (non-hydrogen) atoms. The zero-order valence-corrected chi connectivity index (χ0v) is 13.4. The van der Waals surface area contributed by atoms with Crippen molar-refractivity contribution in [2.24, 2.45) is 0 Å². The molecule has 0 amide bonds. The Morgan fingerprint density at radius 1 is 0.536 bits per heavy atom. The normalized spacial score (nSPS) is 13.4. The summed E-state index contributed by atoms with van der Waals surface area (Å²) in [5.41, 5.74) is 0. The molecule has 0 aliphatic rings. The summed E-state index contributed by atoms with van der Waals surface area (Å²) < 4.78 is 136. The van der Waals surface area contributed by atoms with E-state index in [4.69, 9.17) is 0 Å². The number of rotatable bonds is 2. The summed E-state index contributed by atoms with van der Waals surface area (Å²) in [4.78, 5) is 19.6. The second-order valence-electron chi connectivity index (χ2n) is 3.74. The Hall–Kier alpha value is -1.94. The fraction of sp³-hybridized carbons (Fsp3) is 0.400. The smallest absolute Gasteiger partial charge is 0.869 e. The average molecular weight is 487 g/mol. The molecule has 0 rings (SSSR count). The summed E-state index contributed by atoms with van der Waals surface area (Å²) in [6, 6.07) is 0. The van der Waals surface area contributed by atoms with Gasteiger partial charge in [-0.05, 0) is 23.7 Å². The van der Waals surface area contributed by atoms with Gasteiger partial charge < -0.3 is 15.7 Å². The van der Waals surface area contributed by atoms with E-state index in [0.29, 0.717) is 0 Å². The average Bonchev–Trinajstić information content (AvgIpc) is 2.34. The SMILES string of the molecule is O.O=C(C=C([O-])C(F)(F)F)C(F)(F)F.O=C(C=C([O-])C(F)(F)F)C(F)(F)F.[Mn+2]. The molecular formula is C10H4F12MnO5. The van der Waals surface area contributed by atoms with Crippen molar-refractivity contribution < 1.29 is 95.0 Å². The molecular weight excluding hydrogens is 483 g/mol. The Morgan fingerprint density at radius 3 is 0.821 bits per heavy atom. The minimum absolute atomic E-state index is 0. The first-order valence-electron chi connectivity index (χ1n) is 5.24. The van der Waals surface area contributed by atoms with Crippen LogP contribution in [-0.2, 0) is 26.7 Å². The van der Waals surface area contributed by atoms with Crippen LogP contribution in [-0.4, -0.2) is 41.7 Å². The third kappa shape index (κ3) is 14.2. The quantitative estimate of drug-likeness (QED) is 0.251. The van der Waals surface area contributed by atoms with Crippen molar-refractivity contribution in [2.45, 2.75) is 24.7 Å². The Bertz CT molecular complexity index is 530. The van der Waals surface area contributed by atoms with Crippen LogP contribution in [0.15, 0.2) is 23.7 Å². The predicted molar refractivity (Wildman–Crippen MR) is 54.0 cm³/mol. The molecule has 0 aromatic rings. The molecule has 0 bridgehead atoms. The fourth-order valence-corrected chi connectivity index (χ4v) is 0.565. The molecule has 1 radical (unpaired) electrons. The molecule has 0 aliphatic carbocycles. The minimum atomic E-state index is -5.46. The number of allylic oxidation sites excluding steroid dienone is 4. The van der Waals surface area contributed by atoms with Gasteiger partial charge >= 0.3 is 41.8 Å². The van der Waals surface area contributed by atoms with Crippen LogP contribution >= 0.6 is 0 Å². The first-order valence-corrected chi connectivity index (χ1v) is 5.24. The standard InChI is InChI=1S/2C5H2F6O2.Mn.H2O/c2*6-4(7,8)2(12)1-3(13)5(9,10)11;;/h2*1,12H;;1H2/q;;+2;/p-2. The molecule has 0 aromatic carbocycles. The van der Waals surface area contributed by atoms with E-state index < -0.39 is 59.9 Å². The van der Waals surface area contributed by atoms with Crippen LogP contribution in [0.3, 0.4) is 0 Å². The van der Waals surface area contributed by atoms with Gasteiger partial charge in [-0.2, -0.15) is 52.7 Å². The van der Waals surface area contributed by atoms with Crippen molar-refractivity contribution in [3.05, 3.63) is 23.7 Å². The maximum absolute atomic E-state index is 11.3. The van der Waals surface area contributed by atoms with E-state index in [2.05, 4.69) is 0 Å². The molecule has 0 saturated carbocycles. The number of carbonyl (C=O) groups is 2. The number of alkyl halides is 12. The van der Waals surface area contributed by atoms with Crippen molar-refractivity contribution in [3.8, 4) is 0 Å². The molecule has 0 aromatic heterocycles. The molecule has 0 unspecified atom stereocenters. The van der Waals surface area contributed by atoms with Gasteiger partial charge in [0.05, 0.1) is 0 Å². The van der Waals surface area contributed by atoms with E-state index in [1.54, 1.807) is 0 Å². The second-order valence-corrected chi connectivity index (χ2v) is 3.74. The van der Waals surface area contributed by atoms with E-state index in [9.17, 15) is 72.5 Å². The number of halogens is 12. The molecule has 0 fully saturated rings. The minimum Gasteiger partial charge on any atom is -0.869 e. The molecule has 0 saturated heterocycles. The maximum Gasteiger partial charge on any atom is 2.00 e. The molecule has 0 spiro atoms. The summed E-state index contributed by atoms with van der Waals surface area (Å²) >= 11 is 0. The van der Waals surface area contributed by atoms with Gasteiger partial charge in [0.1, 0.15) is 0 Å². The Morgan fingerprint density at radius 2 is 0.714 bits per heavy atom. The van der Waals surface area contributed by atoms with Gasteiger partial charge in [0, 0.05) is 0 Å². The first-order chi connectivity index (χ1) is 11.1. The fourth-order valence-electron chi connectivity index (χ4n) is 0.565. The van der Waals surface area contributed by atoms with Crippen LogP contribution in [0.2, 0.25) is 0 Å². The van der Waals surface area contributed by atoms with Crippen LogP contribution in [0.25, 0.3) is 0 Å². The Balaban J connectivity index is -0.000000192. The van der Waals surface area contributed by atoms with Gasteiger partial charge in [0.2, 0.25) is 0 Å². The van der Waals surface area contributed by atoms with Gasteiger partial charge in [-0.25, -0.2) is 0 Å². The summed E-state index contributed by atoms with van der Waals surface area (Å²) in [7, 11) is 0. The van der Waals surface area contributed by atoms with Gasteiger partial charge in [-0.1, -0.05) is 0 Å². The monoisotopic (exact) mass is 487 g/mol. The van der Waals surface area contributed by atoms with Gasteiger partial charge in [-0.3, -0.25) is 9.59 Å². The van der Waals surface area contributed by atoms with E-state index in [-0.39, 0.29) is 22.5 Å². The van der Waals surface area contributed by atoms with Crippen LogP contribution in [0.1, 0.15) is 0 Å². The molecule has 0 heterocycles. The van der Waals surface area contributed by atoms with Crippen LogP contribution < -0.4 is 10.2 Å². The van der Waals surface area contributed by atoms with Crippen LogP contribution in [0, 0.1) is 0 Å². The Labute approximate surface area is 156 Å². The van der Waals surface area contributed by atoms with Crippen molar-refractivity contribution in [1.82, 2.24) is 0 Å². The summed E-state index contributed by atoms with van der Waals surface area (Å²) in [6.07, 6.45) is -23.9. The Kier molecular flexibility index (Phi) is 13.4. The third-order valence-corrected chi connectivity index (χ3v) is 1.64. The number of ketones is 2. The summed E-state index contributed by atoms with van der Waals surface area (Å²) in [5, 5.41) is 19.6. The van der Waals surface area contributed by atoms with Crippen molar-refractivity contribution in [2.75, 3.05) is 0 Å². The maximum atomic E-state index is 11.3. The van der Waals surface area contributed by atoms with Gasteiger partial charge in [0.25, 0.3) is 11.6 Å². The van der Waals surface area contributed by atoms with E-state index >= 15 is 0 Å². The third-order valence-electron chi connectivity index (χ3n) is 1.64. The first kappa shape index (κ1) is 33.6. The predicted octanol–water partition coefficient (Wildman–Crippen LogP) is 1.02.